The lowest BCUT2D eigenvalue weighted by atomic mass is 10.2. The third-order valence-electron chi connectivity index (χ3n) is 3.82. The summed E-state index contributed by atoms with van der Waals surface area (Å²) in [5.74, 6) is 1.23. The largest absolute Gasteiger partial charge is 0.485 e. The van der Waals surface area contributed by atoms with Crippen LogP contribution in [0.25, 0.3) is 17.1 Å². The van der Waals surface area contributed by atoms with E-state index in [9.17, 15) is 4.79 Å². The van der Waals surface area contributed by atoms with E-state index in [0.29, 0.717) is 33.6 Å². The highest BCUT2D eigenvalue weighted by Gasteiger charge is 2.11. The van der Waals surface area contributed by atoms with Gasteiger partial charge >= 0.3 is 0 Å². The van der Waals surface area contributed by atoms with Crippen molar-refractivity contribution in [3.05, 3.63) is 75.4 Å². The van der Waals surface area contributed by atoms with E-state index in [1.165, 1.54) is 10.6 Å². The Morgan fingerprint density at radius 3 is 2.92 bits per heavy atom. The zero-order valence-corrected chi connectivity index (χ0v) is 14.1. The van der Waals surface area contributed by atoms with E-state index in [4.69, 9.17) is 20.8 Å². The Balaban J connectivity index is 1.66. The fourth-order valence-corrected chi connectivity index (χ4v) is 2.89. The first-order valence-electron chi connectivity index (χ1n) is 7.65. The molecule has 126 valence electrons. The zero-order valence-electron chi connectivity index (χ0n) is 13.3. The Hall–Kier alpha value is -2.99. The summed E-state index contributed by atoms with van der Waals surface area (Å²) < 4.78 is 12.5. The molecule has 0 unspecified atom stereocenters. The van der Waals surface area contributed by atoms with Gasteiger partial charge in [-0.25, -0.2) is 9.50 Å². The molecule has 0 aliphatic rings. The highest BCUT2D eigenvalue weighted by atomic mass is 35.5. The summed E-state index contributed by atoms with van der Waals surface area (Å²) >= 11 is 6.16. The fraction of sp³-hybridized carbons (Fsp3) is 0.111. The van der Waals surface area contributed by atoms with Gasteiger partial charge < -0.3 is 9.15 Å². The van der Waals surface area contributed by atoms with Gasteiger partial charge in [-0.05, 0) is 30.7 Å². The van der Waals surface area contributed by atoms with Crippen LogP contribution in [-0.2, 0) is 6.61 Å². The molecule has 0 saturated carbocycles. The minimum absolute atomic E-state index is 0.150. The first-order chi connectivity index (χ1) is 12.1. The van der Waals surface area contributed by atoms with Crippen LogP contribution < -0.4 is 10.3 Å². The number of fused-ring (bicyclic) bond motifs is 1. The maximum absolute atomic E-state index is 12.3. The third-order valence-corrected chi connectivity index (χ3v) is 4.12. The van der Waals surface area contributed by atoms with Crippen LogP contribution in [-0.4, -0.2) is 14.6 Å². The number of aromatic amines is 1. The van der Waals surface area contributed by atoms with Gasteiger partial charge in [-0.3, -0.25) is 9.89 Å². The van der Waals surface area contributed by atoms with Crippen LogP contribution >= 0.6 is 11.6 Å². The van der Waals surface area contributed by atoms with Crippen molar-refractivity contribution in [2.45, 2.75) is 13.5 Å². The lowest BCUT2D eigenvalue weighted by molar-refractivity contribution is 0.299. The van der Waals surface area contributed by atoms with Crippen LogP contribution in [0.1, 0.15) is 11.3 Å². The van der Waals surface area contributed by atoms with E-state index >= 15 is 0 Å². The first-order valence-corrected chi connectivity index (χ1v) is 8.03. The molecule has 4 rings (SSSR count). The number of rotatable bonds is 4. The normalized spacial score (nSPS) is 11.1. The molecule has 25 heavy (non-hydrogen) atoms. The third kappa shape index (κ3) is 2.92. The molecule has 0 aliphatic heterocycles. The van der Waals surface area contributed by atoms with Gasteiger partial charge in [0.1, 0.15) is 18.1 Å². The Morgan fingerprint density at radius 1 is 1.28 bits per heavy atom. The van der Waals surface area contributed by atoms with Gasteiger partial charge in [0.15, 0.2) is 11.4 Å². The number of nitrogens with zero attached hydrogens (tertiary/aromatic N) is 2. The van der Waals surface area contributed by atoms with E-state index < -0.39 is 0 Å². The van der Waals surface area contributed by atoms with E-state index in [-0.39, 0.29) is 12.2 Å². The zero-order chi connectivity index (χ0) is 17.4. The predicted octanol–water partition coefficient (Wildman–Crippen LogP) is 3.82. The lowest BCUT2D eigenvalue weighted by Crippen LogP contribution is -2.16. The fourth-order valence-electron chi connectivity index (χ4n) is 2.62. The topological polar surface area (TPSA) is 72.5 Å². The van der Waals surface area contributed by atoms with E-state index in [0.717, 1.165) is 5.56 Å². The molecule has 0 saturated heterocycles. The molecule has 0 radical (unpaired) electrons. The van der Waals surface area contributed by atoms with Crippen molar-refractivity contribution >= 4 is 17.2 Å². The maximum atomic E-state index is 12.3. The molecule has 7 heteroatoms. The molecule has 0 aliphatic carbocycles. The molecule has 6 nitrogen and oxygen atoms in total. The van der Waals surface area contributed by atoms with Crippen molar-refractivity contribution in [3.8, 4) is 17.2 Å². The smallest absolute Gasteiger partial charge is 0.273 e. The van der Waals surface area contributed by atoms with Crippen molar-refractivity contribution in [2.24, 2.45) is 0 Å². The molecular formula is C18H14ClN3O3. The number of aryl methyl sites for hydroxylation is 1. The SMILES string of the molecule is Cc1cccc(Cl)c1OCc1cc(=O)n2[nH]c(-c3ccco3)cc2n1. The molecule has 3 aromatic heterocycles. The van der Waals surface area contributed by atoms with Crippen LogP contribution in [0.5, 0.6) is 5.75 Å². The standard InChI is InChI=1S/C18H14ClN3O3/c1-11-4-2-5-13(19)18(11)25-10-12-8-17(23)22-16(20-12)9-14(21-22)15-6-3-7-24-15/h2-9,21H,10H2,1H3. The van der Waals surface area contributed by atoms with Crippen molar-refractivity contribution in [1.82, 2.24) is 14.6 Å². The molecule has 0 bridgehead atoms. The number of halogens is 1. The second kappa shape index (κ2) is 6.14. The second-order valence-corrected chi connectivity index (χ2v) is 6.01. The van der Waals surface area contributed by atoms with Crippen molar-refractivity contribution in [3.63, 3.8) is 0 Å². The number of furan rings is 1. The summed E-state index contributed by atoms with van der Waals surface area (Å²) in [6.45, 7) is 2.06. The Kier molecular flexibility index (Phi) is 3.82. The van der Waals surface area contributed by atoms with Crippen molar-refractivity contribution < 1.29 is 9.15 Å². The number of ether oxygens (including phenoxy) is 1. The van der Waals surface area contributed by atoms with Gasteiger partial charge in [0, 0.05) is 12.1 Å². The summed E-state index contributed by atoms with van der Waals surface area (Å²) in [5.41, 5.74) is 2.39. The molecule has 4 aromatic rings. The average molecular weight is 356 g/mol. The van der Waals surface area contributed by atoms with E-state index in [2.05, 4.69) is 10.1 Å². The van der Waals surface area contributed by atoms with Gasteiger partial charge in [-0.1, -0.05) is 23.7 Å². The number of para-hydroxylation sites is 1. The van der Waals surface area contributed by atoms with Gasteiger partial charge in [0.25, 0.3) is 5.56 Å². The Bertz CT molecular complexity index is 1080. The highest BCUT2D eigenvalue weighted by molar-refractivity contribution is 6.32. The highest BCUT2D eigenvalue weighted by Crippen LogP contribution is 2.28. The molecule has 0 amide bonds. The van der Waals surface area contributed by atoms with Gasteiger partial charge in [-0.2, -0.15) is 0 Å². The van der Waals surface area contributed by atoms with Crippen LogP contribution in [0.2, 0.25) is 5.02 Å². The number of hydrogen-bond acceptors (Lipinski definition) is 4. The monoisotopic (exact) mass is 355 g/mol. The summed E-state index contributed by atoms with van der Waals surface area (Å²) in [7, 11) is 0. The van der Waals surface area contributed by atoms with Crippen LogP contribution in [0.4, 0.5) is 0 Å². The lowest BCUT2D eigenvalue weighted by Gasteiger charge is -2.10. The molecule has 1 N–H and O–H groups in total. The van der Waals surface area contributed by atoms with Crippen molar-refractivity contribution in [1.29, 1.82) is 0 Å². The van der Waals surface area contributed by atoms with Crippen molar-refractivity contribution in [2.75, 3.05) is 0 Å². The van der Waals surface area contributed by atoms with Gasteiger partial charge in [0.05, 0.1) is 17.0 Å². The Morgan fingerprint density at radius 2 is 2.16 bits per heavy atom. The van der Waals surface area contributed by atoms with Crippen LogP contribution in [0.15, 0.2) is 57.9 Å². The first kappa shape index (κ1) is 15.5. The van der Waals surface area contributed by atoms with E-state index in [1.807, 2.05) is 19.1 Å². The summed E-state index contributed by atoms with van der Waals surface area (Å²) in [5, 5.41) is 3.50. The second-order valence-electron chi connectivity index (χ2n) is 5.60. The minimum atomic E-state index is -0.225. The van der Waals surface area contributed by atoms with Gasteiger partial charge in [0.2, 0.25) is 0 Å². The minimum Gasteiger partial charge on any atom is -0.485 e. The number of benzene rings is 1. The average Bonchev–Trinajstić information content (AvgIpc) is 3.23. The molecule has 0 atom stereocenters. The van der Waals surface area contributed by atoms with Crippen LogP contribution in [0, 0.1) is 6.92 Å². The number of nitrogens with one attached hydrogen (secondary N) is 1. The Labute approximate surface area is 147 Å². The molecule has 1 aromatic carbocycles. The summed E-state index contributed by atoms with van der Waals surface area (Å²) in [6, 6.07) is 12.3. The summed E-state index contributed by atoms with van der Waals surface area (Å²) in [4.78, 5) is 16.8. The molecule has 3 heterocycles. The summed E-state index contributed by atoms with van der Waals surface area (Å²) in [6.07, 6.45) is 1.57. The maximum Gasteiger partial charge on any atom is 0.273 e. The van der Waals surface area contributed by atoms with Crippen LogP contribution in [0.3, 0.4) is 0 Å². The number of H-pyrrole nitrogens is 1. The molecular weight excluding hydrogens is 342 g/mol. The molecule has 0 spiro atoms. The number of aromatic nitrogens is 3. The predicted molar refractivity (Wildman–Crippen MR) is 94.0 cm³/mol. The van der Waals surface area contributed by atoms with E-state index in [1.54, 1.807) is 30.5 Å². The van der Waals surface area contributed by atoms with Gasteiger partial charge in [-0.15, -0.1) is 0 Å². The molecule has 0 fully saturated rings. The number of hydrogen-bond donors (Lipinski definition) is 1. The quantitative estimate of drug-likeness (QED) is 0.604.